The van der Waals surface area contributed by atoms with Crippen molar-refractivity contribution in [2.45, 2.75) is 38.5 Å². The molecule has 0 radical (unpaired) electrons. The highest BCUT2D eigenvalue weighted by molar-refractivity contribution is 7.89. The second kappa shape index (κ2) is 8.19. The second-order valence-corrected chi connectivity index (χ2v) is 8.90. The van der Waals surface area contributed by atoms with Gasteiger partial charge < -0.3 is 10.1 Å². The van der Waals surface area contributed by atoms with Crippen molar-refractivity contribution in [1.29, 1.82) is 0 Å². The Balaban J connectivity index is 2.20. The molecule has 25 heavy (non-hydrogen) atoms. The highest BCUT2D eigenvalue weighted by Crippen LogP contribution is 2.30. The standard InChI is InChI=1S/C18H28N2O4S/c1-13(2)11-19-18(21)15-6-5-9-20(12-15)25(22,23)17-10-14(3)7-8-16(17)24-4/h7-8,10,13,15H,5-6,9,11-12H2,1-4H3,(H,19,21). The van der Waals surface area contributed by atoms with E-state index in [1.165, 1.54) is 11.4 Å². The number of carbonyl (C=O) groups is 1. The van der Waals surface area contributed by atoms with Crippen molar-refractivity contribution in [3.05, 3.63) is 23.8 Å². The molecule has 1 amide bonds. The van der Waals surface area contributed by atoms with Crippen molar-refractivity contribution in [2.24, 2.45) is 11.8 Å². The topological polar surface area (TPSA) is 75.7 Å². The maximum Gasteiger partial charge on any atom is 0.246 e. The zero-order chi connectivity index (χ0) is 18.6. The quantitative estimate of drug-likeness (QED) is 0.835. The van der Waals surface area contributed by atoms with Gasteiger partial charge in [-0.1, -0.05) is 19.9 Å². The van der Waals surface area contributed by atoms with Crippen LogP contribution in [-0.2, 0) is 14.8 Å². The first-order valence-electron chi connectivity index (χ1n) is 8.68. The maximum absolute atomic E-state index is 13.1. The number of carbonyl (C=O) groups excluding carboxylic acids is 1. The molecule has 1 aromatic rings. The lowest BCUT2D eigenvalue weighted by Crippen LogP contribution is -2.46. The van der Waals surface area contributed by atoms with Crippen LogP contribution in [0.1, 0.15) is 32.3 Å². The fourth-order valence-electron chi connectivity index (χ4n) is 2.95. The number of nitrogens with zero attached hydrogens (tertiary/aromatic N) is 1. The van der Waals surface area contributed by atoms with Crippen LogP contribution in [-0.4, -0.2) is 45.4 Å². The largest absolute Gasteiger partial charge is 0.495 e. The van der Waals surface area contributed by atoms with E-state index in [0.717, 1.165) is 5.56 Å². The molecule has 1 unspecified atom stereocenters. The van der Waals surface area contributed by atoms with Crippen LogP contribution < -0.4 is 10.1 Å². The van der Waals surface area contributed by atoms with Gasteiger partial charge in [-0.25, -0.2) is 8.42 Å². The van der Waals surface area contributed by atoms with Crippen molar-refractivity contribution in [1.82, 2.24) is 9.62 Å². The number of ether oxygens (including phenoxy) is 1. The van der Waals surface area contributed by atoms with Gasteiger partial charge in [0.05, 0.1) is 13.0 Å². The summed E-state index contributed by atoms with van der Waals surface area (Å²) in [6, 6.07) is 5.10. The third-order valence-electron chi connectivity index (χ3n) is 4.38. The summed E-state index contributed by atoms with van der Waals surface area (Å²) in [5, 5.41) is 2.91. The highest BCUT2D eigenvalue weighted by atomic mass is 32.2. The molecule has 7 heteroatoms. The molecule has 0 aliphatic carbocycles. The summed E-state index contributed by atoms with van der Waals surface area (Å²) in [6.07, 6.45) is 1.38. The van der Waals surface area contributed by atoms with Gasteiger partial charge in [0.25, 0.3) is 0 Å². The van der Waals surface area contributed by atoms with E-state index in [0.29, 0.717) is 37.6 Å². The lowest BCUT2D eigenvalue weighted by Gasteiger charge is -2.31. The van der Waals surface area contributed by atoms with E-state index in [1.54, 1.807) is 12.1 Å². The Hall–Kier alpha value is -1.60. The van der Waals surface area contributed by atoms with Gasteiger partial charge in [0.15, 0.2) is 0 Å². The molecule has 1 aliphatic heterocycles. The van der Waals surface area contributed by atoms with Gasteiger partial charge in [-0.3, -0.25) is 4.79 Å². The average Bonchev–Trinajstić information content (AvgIpc) is 2.59. The Labute approximate surface area is 150 Å². The summed E-state index contributed by atoms with van der Waals surface area (Å²) in [5.41, 5.74) is 0.850. The number of rotatable bonds is 6. The van der Waals surface area contributed by atoms with Gasteiger partial charge in [-0.2, -0.15) is 4.31 Å². The molecule has 0 saturated carbocycles. The molecule has 2 rings (SSSR count). The molecule has 1 N–H and O–H groups in total. The van der Waals surface area contributed by atoms with Crippen molar-refractivity contribution in [3.8, 4) is 5.75 Å². The molecule has 0 spiro atoms. The maximum atomic E-state index is 13.1. The van der Waals surface area contributed by atoms with Crippen molar-refractivity contribution in [2.75, 3.05) is 26.7 Å². The zero-order valence-corrected chi connectivity index (χ0v) is 16.2. The van der Waals surface area contributed by atoms with Crippen LogP contribution in [0.25, 0.3) is 0 Å². The van der Waals surface area contributed by atoms with Crippen LogP contribution in [0, 0.1) is 18.8 Å². The third-order valence-corrected chi connectivity index (χ3v) is 6.26. The van der Waals surface area contributed by atoms with E-state index in [2.05, 4.69) is 5.32 Å². The molecule has 1 saturated heterocycles. The van der Waals surface area contributed by atoms with Crippen LogP contribution in [0.3, 0.4) is 0 Å². The number of nitrogens with one attached hydrogen (secondary N) is 1. The Morgan fingerprint density at radius 3 is 2.76 bits per heavy atom. The highest BCUT2D eigenvalue weighted by Gasteiger charge is 2.34. The van der Waals surface area contributed by atoms with Crippen molar-refractivity contribution in [3.63, 3.8) is 0 Å². The number of hydrogen-bond acceptors (Lipinski definition) is 4. The van der Waals surface area contributed by atoms with Gasteiger partial charge in [0.1, 0.15) is 10.6 Å². The van der Waals surface area contributed by atoms with Crippen LogP contribution in [0.4, 0.5) is 0 Å². The summed E-state index contributed by atoms with van der Waals surface area (Å²) in [4.78, 5) is 12.5. The number of sulfonamides is 1. The third kappa shape index (κ3) is 4.73. The SMILES string of the molecule is COc1ccc(C)cc1S(=O)(=O)N1CCCC(C(=O)NCC(C)C)C1. The Morgan fingerprint density at radius 1 is 1.40 bits per heavy atom. The normalized spacial score (nSPS) is 19.0. The fourth-order valence-corrected chi connectivity index (χ4v) is 4.71. The first-order chi connectivity index (χ1) is 11.8. The molecule has 1 atom stereocenters. The summed E-state index contributed by atoms with van der Waals surface area (Å²) in [5.74, 6) is 0.323. The molecular weight excluding hydrogens is 340 g/mol. The van der Waals surface area contributed by atoms with E-state index in [-0.39, 0.29) is 23.3 Å². The van der Waals surface area contributed by atoms with Gasteiger partial charge >= 0.3 is 0 Å². The monoisotopic (exact) mass is 368 g/mol. The number of aryl methyl sites for hydroxylation is 1. The van der Waals surface area contributed by atoms with Crippen LogP contribution in [0.15, 0.2) is 23.1 Å². The predicted molar refractivity (Wildman–Crippen MR) is 97.1 cm³/mol. The van der Waals surface area contributed by atoms with Gasteiger partial charge in [-0.15, -0.1) is 0 Å². The molecule has 1 aromatic carbocycles. The summed E-state index contributed by atoms with van der Waals surface area (Å²) >= 11 is 0. The minimum Gasteiger partial charge on any atom is -0.495 e. The molecule has 1 fully saturated rings. The van der Waals surface area contributed by atoms with E-state index < -0.39 is 10.0 Å². The number of amides is 1. The summed E-state index contributed by atoms with van der Waals surface area (Å²) in [6.45, 7) is 7.14. The fraction of sp³-hybridized carbons (Fsp3) is 0.611. The zero-order valence-electron chi connectivity index (χ0n) is 15.4. The van der Waals surface area contributed by atoms with Crippen LogP contribution in [0.2, 0.25) is 0 Å². The number of benzene rings is 1. The van der Waals surface area contributed by atoms with E-state index >= 15 is 0 Å². The molecule has 0 bridgehead atoms. The van der Waals surface area contributed by atoms with Gasteiger partial charge in [-0.05, 0) is 43.4 Å². The van der Waals surface area contributed by atoms with Crippen LogP contribution >= 0.6 is 0 Å². The minimum atomic E-state index is -3.70. The molecular formula is C18H28N2O4S. The van der Waals surface area contributed by atoms with E-state index in [1.807, 2.05) is 26.8 Å². The summed E-state index contributed by atoms with van der Waals surface area (Å²) in [7, 11) is -2.24. The minimum absolute atomic E-state index is 0.0650. The van der Waals surface area contributed by atoms with E-state index in [9.17, 15) is 13.2 Å². The van der Waals surface area contributed by atoms with Crippen LogP contribution in [0.5, 0.6) is 5.75 Å². The number of hydrogen-bond donors (Lipinski definition) is 1. The molecule has 6 nitrogen and oxygen atoms in total. The smallest absolute Gasteiger partial charge is 0.246 e. The number of piperidine rings is 1. The molecule has 140 valence electrons. The van der Waals surface area contributed by atoms with Gasteiger partial charge in [0.2, 0.25) is 15.9 Å². The second-order valence-electron chi connectivity index (χ2n) is 7.00. The Morgan fingerprint density at radius 2 is 2.12 bits per heavy atom. The predicted octanol–water partition coefficient (Wildman–Crippen LogP) is 2.18. The summed E-state index contributed by atoms with van der Waals surface area (Å²) < 4.78 is 32.8. The molecule has 1 aliphatic rings. The average molecular weight is 368 g/mol. The Bertz CT molecular complexity index is 716. The molecule has 0 aromatic heterocycles. The first-order valence-corrected chi connectivity index (χ1v) is 10.1. The lowest BCUT2D eigenvalue weighted by molar-refractivity contribution is -0.126. The van der Waals surface area contributed by atoms with Crippen molar-refractivity contribution < 1.29 is 17.9 Å². The Kier molecular flexibility index (Phi) is 6.46. The molecule has 1 heterocycles. The number of methoxy groups -OCH3 is 1. The van der Waals surface area contributed by atoms with Gasteiger partial charge in [0, 0.05) is 19.6 Å². The first kappa shape index (κ1) is 19.7. The van der Waals surface area contributed by atoms with E-state index in [4.69, 9.17) is 4.74 Å². The van der Waals surface area contributed by atoms with Crippen molar-refractivity contribution >= 4 is 15.9 Å². The lowest BCUT2D eigenvalue weighted by atomic mass is 9.98.